The van der Waals surface area contributed by atoms with Crippen LogP contribution in [0.3, 0.4) is 0 Å². The first-order valence-corrected chi connectivity index (χ1v) is 7.80. The second-order valence-corrected chi connectivity index (χ2v) is 6.59. The number of hydrogen-bond acceptors (Lipinski definition) is 4. The van der Waals surface area contributed by atoms with Gasteiger partial charge in [-0.05, 0) is 51.2 Å². The highest BCUT2D eigenvalue weighted by Gasteiger charge is 2.21. The smallest absolute Gasteiger partial charge is 0.0793 e. The van der Waals surface area contributed by atoms with Crippen LogP contribution in [0.25, 0.3) is 0 Å². The minimum atomic E-state index is -0.222. The molecule has 0 aromatic rings. The van der Waals surface area contributed by atoms with Crippen molar-refractivity contribution in [3.05, 3.63) is 0 Å². The number of aliphatic hydroxyl groups is 1. The van der Waals surface area contributed by atoms with E-state index in [1.54, 1.807) is 0 Å². The van der Waals surface area contributed by atoms with E-state index < -0.39 is 0 Å². The van der Waals surface area contributed by atoms with Gasteiger partial charge in [0.2, 0.25) is 0 Å². The Morgan fingerprint density at radius 1 is 1.32 bits per heavy atom. The molecule has 2 fully saturated rings. The van der Waals surface area contributed by atoms with Gasteiger partial charge in [-0.15, -0.1) is 0 Å². The zero-order valence-corrected chi connectivity index (χ0v) is 12.6. The van der Waals surface area contributed by atoms with Gasteiger partial charge in [-0.2, -0.15) is 0 Å². The van der Waals surface area contributed by atoms with E-state index in [0.717, 1.165) is 51.9 Å². The first-order chi connectivity index (χ1) is 9.13. The summed E-state index contributed by atoms with van der Waals surface area (Å²) in [5.74, 6) is 1.52. The number of likely N-dealkylation sites (N-methyl/N-ethyl adjacent to an activating group) is 1. The van der Waals surface area contributed by atoms with Crippen LogP contribution in [0.15, 0.2) is 0 Å². The van der Waals surface area contributed by atoms with Crippen LogP contribution < -0.4 is 0 Å². The fraction of sp³-hybridized carbons (Fsp3) is 1.00. The molecule has 19 heavy (non-hydrogen) atoms. The summed E-state index contributed by atoms with van der Waals surface area (Å²) in [4.78, 5) is 4.67. The van der Waals surface area contributed by atoms with E-state index in [0.29, 0.717) is 5.92 Å². The highest BCUT2D eigenvalue weighted by atomic mass is 16.5. The predicted octanol–water partition coefficient (Wildman–Crippen LogP) is 1.05. The molecule has 4 nitrogen and oxygen atoms in total. The summed E-state index contributed by atoms with van der Waals surface area (Å²) >= 11 is 0. The van der Waals surface area contributed by atoms with E-state index in [9.17, 15) is 5.11 Å². The highest BCUT2D eigenvalue weighted by molar-refractivity contribution is 4.75. The highest BCUT2D eigenvalue weighted by Crippen LogP contribution is 2.16. The number of nitrogens with zero attached hydrogens (tertiary/aromatic N) is 2. The van der Waals surface area contributed by atoms with Crippen molar-refractivity contribution >= 4 is 0 Å². The molecule has 2 heterocycles. The van der Waals surface area contributed by atoms with Crippen molar-refractivity contribution in [1.29, 1.82) is 0 Å². The minimum Gasteiger partial charge on any atom is -0.390 e. The molecule has 2 unspecified atom stereocenters. The van der Waals surface area contributed by atoms with Crippen LogP contribution in [-0.2, 0) is 4.74 Å². The average Bonchev–Trinajstić information content (AvgIpc) is 2.84. The van der Waals surface area contributed by atoms with E-state index in [4.69, 9.17) is 4.74 Å². The topological polar surface area (TPSA) is 35.9 Å². The number of ether oxygens (including phenoxy) is 1. The molecule has 1 N–H and O–H groups in total. The van der Waals surface area contributed by atoms with Gasteiger partial charge in [0.15, 0.2) is 0 Å². The number of likely N-dealkylation sites (tertiary alicyclic amines) is 1. The Balaban J connectivity index is 1.61. The Bertz CT molecular complexity index is 249. The molecule has 0 aromatic carbocycles. The molecule has 2 atom stereocenters. The molecule has 112 valence electrons. The van der Waals surface area contributed by atoms with Crippen molar-refractivity contribution in [3.63, 3.8) is 0 Å². The van der Waals surface area contributed by atoms with Crippen LogP contribution in [0, 0.1) is 11.8 Å². The maximum atomic E-state index is 10.2. The number of hydrogen-bond donors (Lipinski definition) is 1. The zero-order chi connectivity index (χ0) is 13.7. The van der Waals surface area contributed by atoms with Crippen LogP contribution >= 0.6 is 0 Å². The molecule has 0 aromatic heterocycles. The van der Waals surface area contributed by atoms with Crippen LogP contribution in [0.2, 0.25) is 0 Å². The second-order valence-electron chi connectivity index (χ2n) is 6.59. The summed E-state index contributed by atoms with van der Waals surface area (Å²) in [5, 5.41) is 10.2. The maximum Gasteiger partial charge on any atom is 0.0793 e. The van der Waals surface area contributed by atoms with Crippen molar-refractivity contribution in [2.75, 3.05) is 53.0 Å². The van der Waals surface area contributed by atoms with Crippen molar-refractivity contribution in [3.8, 4) is 0 Å². The Hall–Kier alpha value is -0.160. The van der Waals surface area contributed by atoms with E-state index in [1.165, 1.54) is 19.3 Å². The normalized spacial score (nSPS) is 28.1. The van der Waals surface area contributed by atoms with Gasteiger partial charge in [-0.25, -0.2) is 0 Å². The Morgan fingerprint density at radius 2 is 2.05 bits per heavy atom. The lowest BCUT2D eigenvalue weighted by Crippen LogP contribution is -2.43. The van der Waals surface area contributed by atoms with Crippen LogP contribution in [0.1, 0.15) is 26.2 Å². The lowest BCUT2D eigenvalue weighted by atomic mass is 9.99. The third-order valence-electron chi connectivity index (χ3n) is 4.46. The number of rotatable bonds is 6. The van der Waals surface area contributed by atoms with E-state index in [2.05, 4.69) is 23.8 Å². The van der Waals surface area contributed by atoms with Crippen molar-refractivity contribution in [2.24, 2.45) is 11.8 Å². The molecular weight excluding hydrogens is 240 g/mol. The lowest BCUT2D eigenvalue weighted by molar-refractivity contribution is 0.0633. The van der Waals surface area contributed by atoms with Gasteiger partial charge in [0.25, 0.3) is 0 Å². The Labute approximate surface area is 117 Å². The molecule has 2 rings (SSSR count). The lowest BCUT2D eigenvalue weighted by Gasteiger charge is -2.32. The fourth-order valence-electron chi connectivity index (χ4n) is 3.20. The molecule has 0 bridgehead atoms. The summed E-state index contributed by atoms with van der Waals surface area (Å²) in [6, 6.07) is 0. The SMILES string of the molecule is CC1CCN(CC(O)CN(C)CC2CCOC2)CC1. The second kappa shape index (κ2) is 7.58. The summed E-state index contributed by atoms with van der Waals surface area (Å²) in [6.45, 7) is 9.09. The van der Waals surface area contributed by atoms with Gasteiger partial charge in [-0.3, -0.25) is 0 Å². The molecule has 0 aliphatic carbocycles. The molecule has 2 aliphatic rings. The van der Waals surface area contributed by atoms with Gasteiger partial charge in [-0.1, -0.05) is 6.92 Å². The predicted molar refractivity (Wildman–Crippen MR) is 77.3 cm³/mol. The van der Waals surface area contributed by atoms with Gasteiger partial charge in [0.05, 0.1) is 12.7 Å². The van der Waals surface area contributed by atoms with Gasteiger partial charge in [0.1, 0.15) is 0 Å². The molecule has 0 radical (unpaired) electrons. The standard InChI is InChI=1S/C15H30N2O2/c1-13-3-6-17(7-4-13)11-15(18)10-16(2)9-14-5-8-19-12-14/h13-15,18H,3-12H2,1-2H3. The summed E-state index contributed by atoms with van der Waals surface area (Å²) in [6.07, 6.45) is 3.51. The third-order valence-corrected chi connectivity index (χ3v) is 4.46. The molecule has 2 saturated heterocycles. The molecule has 4 heteroatoms. The number of piperidine rings is 1. The van der Waals surface area contributed by atoms with E-state index in [1.807, 2.05) is 0 Å². The molecule has 0 spiro atoms. The molecule has 0 amide bonds. The number of β-amino-alcohol motifs (C(OH)–C–C–N with tert-alkyl or cyclic N) is 1. The van der Waals surface area contributed by atoms with Crippen molar-refractivity contribution < 1.29 is 9.84 Å². The summed E-state index contributed by atoms with van der Waals surface area (Å²) in [7, 11) is 2.11. The zero-order valence-electron chi connectivity index (χ0n) is 12.6. The Morgan fingerprint density at radius 3 is 2.68 bits per heavy atom. The van der Waals surface area contributed by atoms with E-state index >= 15 is 0 Å². The molecular formula is C15H30N2O2. The summed E-state index contributed by atoms with van der Waals surface area (Å²) < 4.78 is 5.40. The molecule has 0 saturated carbocycles. The monoisotopic (exact) mass is 270 g/mol. The van der Waals surface area contributed by atoms with Gasteiger partial charge >= 0.3 is 0 Å². The first-order valence-electron chi connectivity index (χ1n) is 7.80. The average molecular weight is 270 g/mol. The Kier molecular flexibility index (Phi) is 6.07. The van der Waals surface area contributed by atoms with Crippen molar-refractivity contribution in [2.45, 2.75) is 32.3 Å². The van der Waals surface area contributed by atoms with E-state index in [-0.39, 0.29) is 6.10 Å². The fourth-order valence-corrected chi connectivity index (χ4v) is 3.20. The first kappa shape index (κ1) is 15.2. The quantitative estimate of drug-likeness (QED) is 0.782. The maximum absolute atomic E-state index is 10.2. The third kappa shape index (κ3) is 5.38. The van der Waals surface area contributed by atoms with Crippen LogP contribution in [0.4, 0.5) is 0 Å². The van der Waals surface area contributed by atoms with Crippen LogP contribution in [-0.4, -0.2) is 74.0 Å². The minimum absolute atomic E-state index is 0.222. The van der Waals surface area contributed by atoms with Crippen LogP contribution in [0.5, 0.6) is 0 Å². The summed E-state index contributed by atoms with van der Waals surface area (Å²) in [5.41, 5.74) is 0. The van der Waals surface area contributed by atoms with Gasteiger partial charge in [0, 0.05) is 26.2 Å². The van der Waals surface area contributed by atoms with Crippen molar-refractivity contribution in [1.82, 2.24) is 9.80 Å². The largest absolute Gasteiger partial charge is 0.390 e. The molecule has 2 aliphatic heterocycles. The van der Waals surface area contributed by atoms with Gasteiger partial charge < -0.3 is 19.6 Å². The number of aliphatic hydroxyl groups excluding tert-OH is 1.